The smallest absolute Gasteiger partial charge is 0.149 e. The molecule has 0 saturated heterocycles. The standard InChI is InChI=1S/C14H16FNO/c1-2-3-6-17-14-8-11(7-12(15)9-14)10-16-13-4-5-13/h7-9,13,16H,4-6,10H2,1H3. The zero-order valence-corrected chi connectivity index (χ0v) is 9.92. The molecule has 1 aliphatic carbocycles. The van der Waals surface area contributed by atoms with Crippen molar-refractivity contribution in [2.75, 3.05) is 6.61 Å². The average Bonchev–Trinajstić information content (AvgIpc) is 3.10. The molecule has 1 aromatic rings. The number of halogens is 1. The van der Waals surface area contributed by atoms with Gasteiger partial charge in [-0.3, -0.25) is 0 Å². The first kappa shape index (κ1) is 11.9. The van der Waals surface area contributed by atoms with E-state index in [1.54, 1.807) is 6.92 Å². The molecule has 0 spiro atoms. The van der Waals surface area contributed by atoms with Crippen LogP contribution in [-0.4, -0.2) is 12.6 Å². The maximum absolute atomic E-state index is 13.3. The Hall–Kier alpha value is -1.53. The van der Waals surface area contributed by atoms with E-state index in [-0.39, 0.29) is 5.82 Å². The van der Waals surface area contributed by atoms with Gasteiger partial charge in [0.2, 0.25) is 0 Å². The largest absolute Gasteiger partial charge is 0.481 e. The maximum atomic E-state index is 13.3. The van der Waals surface area contributed by atoms with Crippen LogP contribution in [0.25, 0.3) is 0 Å². The van der Waals surface area contributed by atoms with Gasteiger partial charge in [-0.1, -0.05) is 5.92 Å². The Morgan fingerprint density at radius 1 is 1.41 bits per heavy atom. The summed E-state index contributed by atoms with van der Waals surface area (Å²) in [5.74, 6) is 5.80. The minimum atomic E-state index is -0.264. The molecule has 1 saturated carbocycles. The summed E-state index contributed by atoms with van der Waals surface area (Å²) in [5, 5.41) is 3.34. The lowest BCUT2D eigenvalue weighted by molar-refractivity contribution is 0.367. The summed E-state index contributed by atoms with van der Waals surface area (Å²) in [6, 6.07) is 5.40. The lowest BCUT2D eigenvalue weighted by Crippen LogP contribution is -2.15. The zero-order chi connectivity index (χ0) is 12.1. The number of ether oxygens (including phenoxy) is 1. The highest BCUT2D eigenvalue weighted by Gasteiger charge is 2.20. The van der Waals surface area contributed by atoms with Gasteiger partial charge in [0.1, 0.15) is 18.2 Å². The predicted octanol–water partition coefficient (Wildman–Crippen LogP) is 2.48. The summed E-state index contributed by atoms with van der Waals surface area (Å²) in [5.41, 5.74) is 0.913. The number of hydrogen-bond acceptors (Lipinski definition) is 2. The second-order valence-corrected chi connectivity index (χ2v) is 4.17. The summed E-state index contributed by atoms with van der Waals surface area (Å²) in [6.07, 6.45) is 2.45. The topological polar surface area (TPSA) is 21.3 Å². The highest BCUT2D eigenvalue weighted by atomic mass is 19.1. The molecule has 1 aliphatic rings. The van der Waals surface area contributed by atoms with Crippen LogP contribution in [0.2, 0.25) is 0 Å². The van der Waals surface area contributed by atoms with Crippen molar-refractivity contribution in [3.63, 3.8) is 0 Å². The first-order valence-corrected chi connectivity index (χ1v) is 5.83. The molecule has 0 amide bonds. The van der Waals surface area contributed by atoms with Crippen molar-refractivity contribution < 1.29 is 9.13 Å². The van der Waals surface area contributed by atoms with E-state index in [1.807, 2.05) is 6.07 Å². The molecule has 2 nitrogen and oxygen atoms in total. The van der Waals surface area contributed by atoms with Crippen molar-refractivity contribution in [3.05, 3.63) is 29.6 Å². The molecule has 0 heterocycles. The Morgan fingerprint density at radius 2 is 2.24 bits per heavy atom. The molecular weight excluding hydrogens is 217 g/mol. The van der Waals surface area contributed by atoms with Gasteiger partial charge >= 0.3 is 0 Å². The molecule has 2 rings (SSSR count). The molecule has 1 aromatic carbocycles. The Balaban J connectivity index is 1.96. The van der Waals surface area contributed by atoms with E-state index in [4.69, 9.17) is 4.74 Å². The van der Waals surface area contributed by atoms with Crippen LogP contribution in [0, 0.1) is 17.7 Å². The van der Waals surface area contributed by atoms with E-state index < -0.39 is 0 Å². The Kier molecular flexibility index (Phi) is 4.00. The highest BCUT2D eigenvalue weighted by Crippen LogP contribution is 2.21. The van der Waals surface area contributed by atoms with Gasteiger partial charge in [-0.15, -0.1) is 5.92 Å². The average molecular weight is 233 g/mol. The fourth-order valence-electron chi connectivity index (χ4n) is 1.55. The van der Waals surface area contributed by atoms with Gasteiger partial charge in [-0.05, 0) is 37.5 Å². The van der Waals surface area contributed by atoms with Crippen molar-refractivity contribution in [2.45, 2.75) is 32.4 Å². The highest BCUT2D eigenvalue weighted by molar-refractivity contribution is 5.30. The van der Waals surface area contributed by atoms with E-state index in [0.717, 1.165) is 5.56 Å². The normalized spacial score (nSPS) is 14.0. The minimum absolute atomic E-state index is 0.264. The van der Waals surface area contributed by atoms with Crippen molar-refractivity contribution >= 4 is 0 Å². The molecule has 0 unspecified atom stereocenters. The van der Waals surface area contributed by atoms with Gasteiger partial charge in [0.15, 0.2) is 0 Å². The third-order valence-electron chi connectivity index (χ3n) is 2.59. The van der Waals surface area contributed by atoms with Crippen molar-refractivity contribution in [2.24, 2.45) is 0 Å². The van der Waals surface area contributed by atoms with Crippen molar-refractivity contribution in [1.29, 1.82) is 0 Å². The van der Waals surface area contributed by atoms with Gasteiger partial charge in [0.25, 0.3) is 0 Å². The molecule has 0 aromatic heterocycles. The third-order valence-corrected chi connectivity index (χ3v) is 2.59. The first-order valence-electron chi connectivity index (χ1n) is 5.83. The minimum Gasteiger partial charge on any atom is -0.481 e. The molecule has 3 heteroatoms. The quantitative estimate of drug-likeness (QED) is 0.789. The molecule has 0 aliphatic heterocycles. The SMILES string of the molecule is CC#CCOc1cc(F)cc(CNC2CC2)c1. The Bertz CT molecular complexity index is 443. The van der Waals surface area contributed by atoms with Crippen LogP contribution in [0.1, 0.15) is 25.3 Å². The summed E-state index contributed by atoms with van der Waals surface area (Å²) < 4.78 is 18.7. The van der Waals surface area contributed by atoms with E-state index in [2.05, 4.69) is 17.2 Å². The molecule has 90 valence electrons. The fourth-order valence-corrected chi connectivity index (χ4v) is 1.55. The van der Waals surface area contributed by atoms with Gasteiger partial charge in [0.05, 0.1) is 0 Å². The van der Waals surface area contributed by atoms with E-state index >= 15 is 0 Å². The molecule has 0 atom stereocenters. The molecule has 0 bridgehead atoms. The number of hydrogen-bond donors (Lipinski definition) is 1. The predicted molar refractivity (Wildman–Crippen MR) is 65.2 cm³/mol. The number of nitrogens with one attached hydrogen (secondary N) is 1. The van der Waals surface area contributed by atoms with Crippen LogP contribution in [0.4, 0.5) is 4.39 Å². The van der Waals surface area contributed by atoms with Gasteiger partial charge < -0.3 is 10.1 Å². The van der Waals surface area contributed by atoms with Crippen molar-refractivity contribution in [1.82, 2.24) is 5.32 Å². The third kappa shape index (κ3) is 4.08. The summed E-state index contributed by atoms with van der Waals surface area (Å²) in [7, 11) is 0. The van der Waals surface area contributed by atoms with Crippen LogP contribution in [0.5, 0.6) is 5.75 Å². The monoisotopic (exact) mass is 233 g/mol. The Morgan fingerprint density at radius 3 is 2.94 bits per heavy atom. The van der Waals surface area contributed by atoms with E-state index in [1.165, 1.54) is 25.0 Å². The lowest BCUT2D eigenvalue weighted by Gasteiger charge is -2.07. The van der Waals surface area contributed by atoms with E-state index in [0.29, 0.717) is 24.9 Å². The molecule has 17 heavy (non-hydrogen) atoms. The summed E-state index contributed by atoms with van der Waals surface area (Å²) >= 11 is 0. The molecule has 1 fully saturated rings. The number of benzene rings is 1. The van der Waals surface area contributed by atoms with Gasteiger partial charge in [0, 0.05) is 18.7 Å². The molecular formula is C14H16FNO. The van der Waals surface area contributed by atoms with Crippen LogP contribution in [0.3, 0.4) is 0 Å². The number of rotatable bonds is 5. The summed E-state index contributed by atoms with van der Waals surface area (Å²) in [6.45, 7) is 2.74. The van der Waals surface area contributed by atoms with Crippen LogP contribution < -0.4 is 10.1 Å². The van der Waals surface area contributed by atoms with Crippen molar-refractivity contribution in [3.8, 4) is 17.6 Å². The van der Waals surface area contributed by atoms with Crippen LogP contribution >= 0.6 is 0 Å². The van der Waals surface area contributed by atoms with Crippen LogP contribution in [-0.2, 0) is 6.54 Å². The molecule has 1 N–H and O–H groups in total. The first-order chi connectivity index (χ1) is 8.28. The second kappa shape index (κ2) is 5.70. The lowest BCUT2D eigenvalue weighted by atomic mass is 10.2. The Labute approximate surface area is 101 Å². The zero-order valence-electron chi connectivity index (χ0n) is 9.92. The van der Waals surface area contributed by atoms with Crippen LogP contribution in [0.15, 0.2) is 18.2 Å². The molecule has 0 radical (unpaired) electrons. The maximum Gasteiger partial charge on any atom is 0.149 e. The van der Waals surface area contributed by atoms with Gasteiger partial charge in [-0.25, -0.2) is 4.39 Å². The van der Waals surface area contributed by atoms with E-state index in [9.17, 15) is 4.39 Å². The second-order valence-electron chi connectivity index (χ2n) is 4.17. The fraction of sp³-hybridized carbons (Fsp3) is 0.429. The summed E-state index contributed by atoms with van der Waals surface area (Å²) in [4.78, 5) is 0. The van der Waals surface area contributed by atoms with Gasteiger partial charge in [-0.2, -0.15) is 0 Å².